The molecule has 0 aliphatic rings. The lowest BCUT2D eigenvalue weighted by Crippen LogP contribution is -2.41. The van der Waals surface area contributed by atoms with Crippen molar-refractivity contribution in [1.29, 1.82) is 0 Å². The van der Waals surface area contributed by atoms with Crippen LogP contribution in [0, 0.1) is 10.1 Å². The standard InChI is InChI=1S/C10H10ClF2N3O3/c11-8-3-6(16(18)19)1-2-7(8)9(17)15-5-10(12,13)4-14/h1-3H,4-5,14H2,(H,15,17). The molecule has 1 aromatic carbocycles. The number of benzene rings is 1. The van der Waals surface area contributed by atoms with Crippen molar-refractivity contribution in [2.24, 2.45) is 5.73 Å². The van der Waals surface area contributed by atoms with E-state index in [2.05, 4.69) is 0 Å². The molecule has 0 aliphatic carbocycles. The topological polar surface area (TPSA) is 98.3 Å². The van der Waals surface area contributed by atoms with Gasteiger partial charge in [-0.2, -0.15) is 0 Å². The molecule has 104 valence electrons. The van der Waals surface area contributed by atoms with Crippen LogP contribution in [-0.4, -0.2) is 29.8 Å². The van der Waals surface area contributed by atoms with Gasteiger partial charge in [-0.3, -0.25) is 14.9 Å². The first kappa shape index (κ1) is 15.3. The van der Waals surface area contributed by atoms with Crippen LogP contribution in [0.15, 0.2) is 18.2 Å². The number of hydrogen-bond acceptors (Lipinski definition) is 4. The normalized spacial score (nSPS) is 11.2. The molecule has 0 fully saturated rings. The summed E-state index contributed by atoms with van der Waals surface area (Å²) < 4.78 is 25.7. The maximum atomic E-state index is 12.8. The van der Waals surface area contributed by atoms with E-state index in [1.807, 2.05) is 5.32 Å². The number of non-ortho nitro benzene ring substituents is 1. The van der Waals surface area contributed by atoms with Crippen LogP contribution < -0.4 is 11.1 Å². The van der Waals surface area contributed by atoms with E-state index in [0.29, 0.717) is 0 Å². The second kappa shape index (κ2) is 5.89. The fourth-order valence-electron chi connectivity index (χ4n) is 1.18. The van der Waals surface area contributed by atoms with Gasteiger partial charge in [0, 0.05) is 12.1 Å². The van der Waals surface area contributed by atoms with Crippen LogP contribution in [0.1, 0.15) is 10.4 Å². The van der Waals surface area contributed by atoms with E-state index in [4.69, 9.17) is 17.3 Å². The molecule has 9 heteroatoms. The van der Waals surface area contributed by atoms with Gasteiger partial charge < -0.3 is 11.1 Å². The largest absolute Gasteiger partial charge is 0.346 e. The average Bonchev–Trinajstić information content (AvgIpc) is 2.36. The molecular weight excluding hydrogens is 284 g/mol. The molecule has 0 heterocycles. The molecule has 0 radical (unpaired) electrons. The van der Waals surface area contributed by atoms with Gasteiger partial charge in [0.25, 0.3) is 17.5 Å². The summed E-state index contributed by atoms with van der Waals surface area (Å²) in [7, 11) is 0. The monoisotopic (exact) mass is 293 g/mol. The minimum atomic E-state index is -3.22. The van der Waals surface area contributed by atoms with E-state index in [0.717, 1.165) is 18.2 Å². The first-order chi connectivity index (χ1) is 8.76. The molecular formula is C10H10ClF2N3O3. The summed E-state index contributed by atoms with van der Waals surface area (Å²) in [6, 6.07) is 3.12. The zero-order chi connectivity index (χ0) is 14.6. The van der Waals surface area contributed by atoms with Crippen LogP contribution in [0.25, 0.3) is 0 Å². The Hall–Kier alpha value is -1.80. The summed E-state index contributed by atoms with van der Waals surface area (Å²) >= 11 is 5.67. The number of rotatable bonds is 5. The van der Waals surface area contributed by atoms with Crippen LogP contribution in [-0.2, 0) is 0 Å². The zero-order valence-electron chi connectivity index (χ0n) is 9.53. The second-order valence-corrected chi connectivity index (χ2v) is 4.07. The highest BCUT2D eigenvalue weighted by molar-refractivity contribution is 6.34. The Balaban J connectivity index is 2.81. The number of amides is 1. The first-order valence-corrected chi connectivity index (χ1v) is 5.44. The smallest absolute Gasteiger partial charge is 0.277 e. The lowest BCUT2D eigenvalue weighted by Gasteiger charge is -2.14. The number of alkyl halides is 2. The van der Waals surface area contributed by atoms with Gasteiger partial charge in [0.1, 0.15) is 0 Å². The molecule has 1 aromatic rings. The number of carbonyl (C=O) groups is 1. The molecule has 1 amide bonds. The van der Waals surface area contributed by atoms with Gasteiger partial charge in [0.05, 0.1) is 28.6 Å². The molecule has 0 bridgehead atoms. The third-order valence-electron chi connectivity index (χ3n) is 2.21. The summed E-state index contributed by atoms with van der Waals surface area (Å²) in [5.41, 5.74) is 4.39. The third-order valence-corrected chi connectivity index (χ3v) is 2.53. The SMILES string of the molecule is NCC(F)(F)CNC(=O)c1ccc([N+](=O)[O-])cc1Cl. The predicted octanol–water partition coefficient (Wildman–Crippen LogP) is 1.57. The fourth-order valence-corrected chi connectivity index (χ4v) is 1.44. The molecule has 3 N–H and O–H groups in total. The van der Waals surface area contributed by atoms with Crippen molar-refractivity contribution in [1.82, 2.24) is 5.32 Å². The van der Waals surface area contributed by atoms with Crippen molar-refractivity contribution in [3.8, 4) is 0 Å². The van der Waals surface area contributed by atoms with Crippen molar-refractivity contribution >= 4 is 23.2 Å². The summed E-state index contributed by atoms with van der Waals surface area (Å²) in [5, 5.41) is 12.2. The van der Waals surface area contributed by atoms with Crippen molar-refractivity contribution in [2.45, 2.75) is 5.92 Å². The quantitative estimate of drug-likeness (QED) is 0.636. The molecule has 0 unspecified atom stereocenters. The highest BCUT2D eigenvalue weighted by atomic mass is 35.5. The van der Waals surface area contributed by atoms with Gasteiger partial charge >= 0.3 is 0 Å². The Morgan fingerprint density at radius 1 is 1.53 bits per heavy atom. The van der Waals surface area contributed by atoms with E-state index in [1.165, 1.54) is 0 Å². The number of nitrogens with one attached hydrogen (secondary N) is 1. The first-order valence-electron chi connectivity index (χ1n) is 5.07. The Morgan fingerprint density at radius 3 is 2.63 bits per heavy atom. The summed E-state index contributed by atoms with van der Waals surface area (Å²) in [5.74, 6) is -4.07. The number of hydrogen-bond donors (Lipinski definition) is 2. The molecule has 0 aliphatic heterocycles. The molecule has 0 atom stereocenters. The minimum Gasteiger partial charge on any atom is -0.346 e. The molecule has 0 saturated carbocycles. The molecule has 19 heavy (non-hydrogen) atoms. The predicted molar refractivity (Wildman–Crippen MR) is 64.4 cm³/mol. The highest BCUT2D eigenvalue weighted by Gasteiger charge is 2.27. The van der Waals surface area contributed by atoms with E-state index >= 15 is 0 Å². The molecule has 1 rings (SSSR count). The van der Waals surface area contributed by atoms with Crippen LogP contribution in [0.2, 0.25) is 5.02 Å². The Kier molecular flexibility index (Phi) is 4.73. The van der Waals surface area contributed by atoms with E-state index < -0.39 is 29.8 Å². The van der Waals surface area contributed by atoms with E-state index in [-0.39, 0.29) is 16.3 Å². The number of nitrogens with two attached hydrogens (primary N) is 1. The van der Waals surface area contributed by atoms with Crippen molar-refractivity contribution in [3.05, 3.63) is 38.9 Å². The zero-order valence-corrected chi connectivity index (χ0v) is 10.3. The summed E-state index contributed by atoms with van der Waals surface area (Å²) in [6.07, 6.45) is 0. The molecule has 0 aromatic heterocycles. The van der Waals surface area contributed by atoms with Gasteiger partial charge in [0.2, 0.25) is 0 Å². The average molecular weight is 294 g/mol. The Morgan fingerprint density at radius 2 is 2.16 bits per heavy atom. The Bertz CT molecular complexity index is 511. The van der Waals surface area contributed by atoms with Gasteiger partial charge in [-0.05, 0) is 6.07 Å². The number of nitrogens with zero attached hydrogens (tertiary/aromatic N) is 1. The Labute approximate surface area is 111 Å². The van der Waals surface area contributed by atoms with Gasteiger partial charge in [-0.1, -0.05) is 11.6 Å². The van der Waals surface area contributed by atoms with E-state index in [9.17, 15) is 23.7 Å². The van der Waals surface area contributed by atoms with E-state index in [1.54, 1.807) is 0 Å². The minimum absolute atomic E-state index is 0.125. The lowest BCUT2D eigenvalue weighted by atomic mass is 10.2. The van der Waals surface area contributed by atoms with Crippen molar-refractivity contribution in [2.75, 3.05) is 13.1 Å². The molecule has 6 nitrogen and oxygen atoms in total. The molecule has 0 saturated heterocycles. The van der Waals surface area contributed by atoms with Gasteiger partial charge in [-0.15, -0.1) is 0 Å². The lowest BCUT2D eigenvalue weighted by molar-refractivity contribution is -0.384. The number of nitro benzene ring substituents is 1. The summed E-state index contributed by atoms with van der Waals surface area (Å²) in [6.45, 7) is -1.84. The second-order valence-electron chi connectivity index (χ2n) is 3.66. The highest BCUT2D eigenvalue weighted by Crippen LogP contribution is 2.22. The third kappa shape index (κ3) is 4.11. The number of carbonyl (C=O) groups excluding carboxylic acids is 1. The summed E-state index contributed by atoms with van der Waals surface area (Å²) in [4.78, 5) is 21.3. The number of halogens is 3. The fraction of sp³-hybridized carbons (Fsp3) is 0.300. The maximum Gasteiger partial charge on any atom is 0.277 e. The van der Waals surface area contributed by atoms with Crippen molar-refractivity contribution in [3.63, 3.8) is 0 Å². The van der Waals surface area contributed by atoms with Crippen LogP contribution in [0.3, 0.4) is 0 Å². The van der Waals surface area contributed by atoms with Gasteiger partial charge in [-0.25, -0.2) is 8.78 Å². The van der Waals surface area contributed by atoms with Crippen LogP contribution >= 0.6 is 11.6 Å². The molecule has 0 spiro atoms. The van der Waals surface area contributed by atoms with Crippen LogP contribution in [0.4, 0.5) is 14.5 Å². The van der Waals surface area contributed by atoms with Crippen LogP contribution in [0.5, 0.6) is 0 Å². The van der Waals surface area contributed by atoms with Crippen molar-refractivity contribution < 1.29 is 18.5 Å². The number of nitro groups is 1. The van der Waals surface area contributed by atoms with Gasteiger partial charge in [0.15, 0.2) is 0 Å². The maximum absolute atomic E-state index is 12.8.